The van der Waals surface area contributed by atoms with Crippen molar-refractivity contribution in [2.45, 2.75) is 13.3 Å². The molecule has 0 spiro atoms. The molecular formula is C19H25N3O3S. The standard InChI is InChI=1S/C19H25N3O3S/c1-2-25-19-9-4-3-8-18(19)21-12-14-22(15-13-21)26(23,24)16-10-17-7-5-6-11-20-17/h3-9,11H,2,10,12-16H2,1H3. The molecule has 1 fully saturated rings. The van der Waals surface area contributed by atoms with Gasteiger partial charge < -0.3 is 9.64 Å². The normalized spacial score (nSPS) is 15.8. The Morgan fingerprint density at radius 2 is 1.77 bits per heavy atom. The third-order valence-corrected chi connectivity index (χ3v) is 6.35. The molecule has 0 amide bonds. The highest BCUT2D eigenvalue weighted by Gasteiger charge is 2.27. The highest BCUT2D eigenvalue weighted by atomic mass is 32.2. The number of para-hydroxylation sites is 2. The first-order chi connectivity index (χ1) is 12.6. The number of pyridine rings is 1. The number of nitrogens with zero attached hydrogens (tertiary/aromatic N) is 3. The third-order valence-electron chi connectivity index (χ3n) is 4.48. The Kier molecular flexibility index (Phi) is 6.11. The summed E-state index contributed by atoms with van der Waals surface area (Å²) in [5.74, 6) is 0.945. The summed E-state index contributed by atoms with van der Waals surface area (Å²) >= 11 is 0. The predicted octanol–water partition coefficient (Wildman–Crippen LogP) is 2.17. The fourth-order valence-electron chi connectivity index (χ4n) is 3.11. The Morgan fingerprint density at radius 1 is 1.04 bits per heavy atom. The van der Waals surface area contributed by atoms with Crippen LogP contribution in [0.25, 0.3) is 0 Å². The number of hydrogen-bond acceptors (Lipinski definition) is 5. The molecule has 0 aliphatic carbocycles. The molecule has 0 saturated carbocycles. The SMILES string of the molecule is CCOc1ccccc1N1CCN(S(=O)(=O)CCc2ccccn2)CC1. The summed E-state index contributed by atoms with van der Waals surface area (Å²) in [4.78, 5) is 6.39. The van der Waals surface area contributed by atoms with Gasteiger partial charge in [-0.2, -0.15) is 4.31 Å². The van der Waals surface area contributed by atoms with E-state index >= 15 is 0 Å². The molecule has 0 bridgehead atoms. The lowest BCUT2D eigenvalue weighted by Crippen LogP contribution is -2.49. The zero-order valence-electron chi connectivity index (χ0n) is 15.0. The van der Waals surface area contributed by atoms with Gasteiger partial charge in [0, 0.05) is 44.5 Å². The van der Waals surface area contributed by atoms with Crippen LogP contribution >= 0.6 is 0 Å². The van der Waals surface area contributed by atoms with Crippen LogP contribution in [0.15, 0.2) is 48.7 Å². The van der Waals surface area contributed by atoms with Gasteiger partial charge in [0.1, 0.15) is 5.75 Å². The van der Waals surface area contributed by atoms with E-state index in [1.807, 2.05) is 49.4 Å². The smallest absolute Gasteiger partial charge is 0.214 e. The second kappa shape index (κ2) is 8.51. The van der Waals surface area contributed by atoms with Crippen molar-refractivity contribution in [3.05, 3.63) is 54.4 Å². The van der Waals surface area contributed by atoms with Crippen molar-refractivity contribution < 1.29 is 13.2 Å². The van der Waals surface area contributed by atoms with Crippen molar-refractivity contribution in [2.24, 2.45) is 0 Å². The minimum absolute atomic E-state index is 0.0968. The topological polar surface area (TPSA) is 62.7 Å². The number of aromatic nitrogens is 1. The first kappa shape index (κ1) is 18.7. The van der Waals surface area contributed by atoms with Crippen molar-refractivity contribution in [3.8, 4) is 5.75 Å². The molecule has 2 heterocycles. The first-order valence-corrected chi connectivity index (χ1v) is 10.6. The third kappa shape index (κ3) is 4.53. The zero-order valence-corrected chi connectivity index (χ0v) is 15.9. The molecule has 140 valence electrons. The molecule has 1 aromatic carbocycles. The van der Waals surface area contributed by atoms with Gasteiger partial charge in [0.05, 0.1) is 18.0 Å². The van der Waals surface area contributed by atoms with Gasteiger partial charge in [-0.1, -0.05) is 18.2 Å². The van der Waals surface area contributed by atoms with Gasteiger partial charge in [0.2, 0.25) is 10.0 Å². The first-order valence-electron chi connectivity index (χ1n) is 8.94. The molecular weight excluding hydrogens is 350 g/mol. The Morgan fingerprint density at radius 3 is 2.46 bits per heavy atom. The largest absolute Gasteiger partial charge is 0.492 e. The number of benzene rings is 1. The van der Waals surface area contributed by atoms with E-state index in [9.17, 15) is 8.42 Å². The monoisotopic (exact) mass is 375 g/mol. The number of anilines is 1. The molecule has 26 heavy (non-hydrogen) atoms. The molecule has 1 aromatic heterocycles. The Labute approximate surface area is 155 Å². The quantitative estimate of drug-likeness (QED) is 0.742. The van der Waals surface area contributed by atoms with Gasteiger partial charge in [-0.05, 0) is 31.2 Å². The Bertz CT molecular complexity index is 804. The summed E-state index contributed by atoms with van der Waals surface area (Å²) in [7, 11) is -3.27. The van der Waals surface area contributed by atoms with Crippen molar-refractivity contribution in [1.29, 1.82) is 0 Å². The van der Waals surface area contributed by atoms with Gasteiger partial charge in [0.25, 0.3) is 0 Å². The van der Waals surface area contributed by atoms with Crippen molar-refractivity contribution in [3.63, 3.8) is 0 Å². The molecule has 2 aromatic rings. The summed E-state index contributed by atoms with van der Waals surface area (Å²) < 4.78 is 32.5. The summed E-state index contributed by atoms with van der Waals surface area (Å²) in [6.07, 6.45) is 2.13. The second-order valence-electron chi connectivity index (χ2n) is 6.17. The Hall–Kier alpha value is -2.12. The number of rotatable bonds is 7. The maximum absolute atomic E-state index is 12.6. The van der Waals surface area contributed by atoms with E-state index in [0.717, 1.165) is 17.1 Å². The van der Waals surface area contributed by atoms with Crippen LogP contribution in [0.5, 0.6) is 5.75 Å². The van der Waals surface area contributed by atoms with E-state index in [4.69, 9.17) is 4.74 Å². The Balaban J connectivity index is 1.59. The van der Waals surface area contributed by atoms with Crippen molar-refractivity contribution in [1.82, 2.24) is 9.29 Å². The van der Waals surface area contributed by atoms with Crippen molar-refractivity contribution in [2.75, 3.05) is 43.4 Å². The van der Waals surface area contributed by atoms with E-state index in [-0.39, 0.29) is 5.75 Å². The average Bonchev–Trinajstić information content (AvgIpc) is 2.68. The summed E-state index contributed by atoms with van der Waals surface area (Å²) in [6.45, 7) is 4.87. The average molecular weight is 375 g/mol. The van der Waals surface area contributed by atoms with Crippen LogP contribution in [0.4, 0.5) is 5.69 Å². The predicted molar refractivity (Wildman–Crippen MR) is 103 cm³/mol. The van der Waals surface area contributed by atoms with E-state index in [2.05, 4.69) is 9.88 Å². The lowest BCUT2D eigenvalue weighted by molar-refractivity contribution is 0.337. The van der Waals surface area contributed by atoms with Crippen LogP contribution < -0.4 is 9.64 Å². The van der Waals surface area contributed by atoms with Gasteiger partial charge in [0.15, 0.2) is 0 Å². The molecule has 3 rings (SSSR count). The van der Waals surface area contributed by atoms with Crippen LogP contribution in [0, 0.1) is 0 Å². The number of piperazine rings is 1. The number of sulfonamides is 1. The molecule has 7 heteroatoms. The fraction of sp³-hybridized carbons (Fsp3) is 0.421. The van der Waals surface area contributed by atoms with Crippen molar-refractivity contribution >= 4 is 15.7 Å². The van der Waals surface area contributed by atoms with E-state index in [0.29, 0.717) is 39.2 Å². The molecule has 1 saturated heterocycles. The molecule has 0 N–H and O–H groups in total. The van der Waals surface area contributed by atoms with Crippen LogP contribution in [0.1, 0.15) is 12.6 Å². The molecule has 0 unspecified atom stereocenters. The maximum Gasteiger partial charge on any atom is 0.214 e. The van der Waals surface area contributed by atoms with Gasteiger partial charge >= 0.3 is 0 Å². The minimum atomic E-state index is -3.27. The van der Waals surface area contributed by atoms with Gasteiger partial charge in [-0.25, -0.2) is 8.42 Å². The van der Waals surface area contributed by atoms with Crippen LogP contribution in [0.3, 0.4) is 0 Å². The molecule has 1 aliphatic rings. The molecule has 1 aliphatic heterocycles. The molecule has 0 atom stereocenters. The van der Waals surface area contributed by atoms with Crippen LogP contribution in [-0.2, 0) is 16.4 Å². The van der Waals surface area contributed by atoms with Gasteiger partial charge in [-0.15, -0.1) is 0 Å². The maximum atomic E-state index is 12.6. The molecule has 6 nitrogen and oxygen atoms in total. The zero-order chi connectivity index (χ0) is 18.4. The molecule has 0 radical (unpaired) electrons. The number of aryl methyl sites for hydroxylation is 1. The second-order valence-corrected chi connectivity index (χ2v) is 8.26. The lowest BCUT2D eigenvalue weighted by atomic mass is 10.2. The minimum Gasteiger partial charge on any atom is -0.492 e. The van der Waals surface area contributed by atoms with E-state index in [1.54, 1.807) is 10.5 Å². The highest BCUT2D eigenvalue weighted by molar-refractivity contribution is 7.89. The van der Waals surface area contributed by atoms with Gasteiger partial charge in [-0.3, -0.25) is 4.98 Å². The summed E-state index contributed by atoms with van der Waals surface area (Å²) in [6, 6.07) is 13.5. The highest BCUT2D eigenvalue weighted by Crippen LogP contribution is 2.29. The fourth-order valence-corrected chi connectivity index (χ4v) is 4.56. The summed E-state index contributed by atoms with van der Waals surface area (Å²) in [5, 5.41) is 0. The number of ether oxygens (including phenoxy) is 1. The van der Waals surface area contributed by atoms with Crippen LogP contribution in [0.2, 0.25) is 0 Å². The van der Waals surface area contributed by atoms with Crippen LogP contribution in [-0.4, -0.2) is 56.2 Å². The van der Waals surface area contributed by atoms with E-state index in [1.165, 1.54) is 0 Å². The van der Waals surface area contributed by atoms with E-state index < -0.39 is 10.0 Å². The lowest BCUT2D eigenvalue weighted by Gasteiger charge is -2.36. The summed E-state index contributed by atoms with van der Waals surface area (Å²) in [5.41, 5.74) is 1.83. The number of hydrogen-bond donors (Lipinski definition) is 0.